The third-order valence-corrected chi connectivity index (χ3v) is 7.40. The number of hydrogen-bond acceptors (Lipinski definition) is 5. The maximum absolute atomic E-state index is 13.5. The van der Waals surface area contributed by atoms with Crippen molar-refractivity contribution in [3.63, 3.8) is 0 Å². The molecular formula is C24H23F2N3O3. The summed E-state index contributed by atoms with van der Waals surface area (Å²) in [7, 11) is 0. The van der Waals surface area contributed by atoms with Gasteiger partial charge in [0, 0.05) is 37.7 Å². The van der Waals surface area contributed by atoms with E-state index in [4.69, 9.17) is 4.74 Å². The molecule has 0 N–H and O–H groups in total. The van der Waals surface area contributed by atoms with E-state index in [1.807, 2.05) is 24.3 Å². The van der Waals surface area contributed by atoms with E-state index in [2.05, 4.69) is 4.98 Å². The Kier molecular flexibility index (Phi) is 3.99. The Labute approximate surface area is 184 Å². The van der Waals surface area contributed by atoms with Crippen LogP contribution in [0.3, 0.4) is 0 Å². The molecule has 0 bridgehead atoms. The molecule has 4 aliphatic rings. The average molecular weight is 439 g/mol. The maximum Gasteiger partial charge on any atom is 0.339 e. The lowest BCUT2D eigenvalue weighted by Gasteiger charge is -2.27. The normalized spacial score (nSPS) is 27.0. The highest BCUT2D eigenvalue weighted by Crippen LogP contribution is 2.52. The molecule has 0 radical (unpaired) electrons. The van der Waals surface area contributed by atoms with Crippen molar-refractivity contribution in [3.8, 4) is 0 Å². The molecule has 1 aromatic heterocycles. The second-order valence-corrected chi connectivity index (χ2v) is 9.42. The second kappa shape index (κ2) is 6.49. The number of pyridine rings is 1. The number of likely N-dealkylation sites (tertiary alicyclic amines) is 1. The predicted octanol–water partition coefficient (Wildman–Crippen LogP) is 3.26. The quantitative estimate of drug-likeness (QED) is 0.687. The van der Waals surface area contributed by atoms with Crippen molar-refractivity contribution < 1.29 is 23.1 Å². The molecule has 2 saturated heterocycles. The van der Waals surface area contributed by atoms with Crippen molar-refractivity contribution in [2.45, 2.75) is 42.6 Å². The zero-order chi connectivity index (χ0) is 22.1. The smallest absolute Gasteiger partial charge is 0.339 e. The van der Waals surface area contributed by atoms with Crippen LogP contribution in [0, 0.1) is 0 Å². The van der Waals surface area contributed by atoms with Crippen molar-refractivity contribution in [3.05, 3.63) is 59.3 Å². The van der Waals surface area contributed by atoms with Crippen molar-refractivity contribution >= 4 is 17.7 Å². The predicted molar refractivity (Wildman–Crippen MR) is 112 cm³/mol. The van der Waals surface area contributed by atoms with Gasteiger partial charge in [-0.2, -0.15) is 0 Å². The number of alkyl halides is 2. The highest BCUT2D eigenvalue weighted by Gasteiger charge is 2.58. The summed E-state index contributed by atoms with van der Waals surface area (Å²) in [5, 5.41) is 0. The van der Waals surface area contributed by atoms with Gasteiger partial charge >= 0.3 is 5.97 Å². The molecule has 3 aliphatic heterocycles. The number of hydrogen-bond donors (Lipinski definition) is 0. The van der Waals surface area contributed by atoms with Crippen LogP contribution in [0.5, 0.6) is 0 Å². The number of fused-ring (bicyclic) bond motifs is 2. The zero-order valence-electron chi connectivity index (χ0n) is 17.5. The third-order valence-electron chi connectivity index (χ3n) is 7.40. The number of carbonyl (C=O) groups excluding carboxylic acids is 2. The number of aromatic nitrogens is 1. The van der Waals surface area contributed by atoms with Crippen LogP contribution in [0.2, 0.25) is 0 Å². The number of carbonyl (C=O) groups is 2. The fourth-order valence-corrected chi connectivity index (χ4v) is 5.45. The summed E-state index contributed by atoms with van der Waals surface area (Å²) in [4.78, 5) is 33.7. The van der Waals surface area contributed by atoms with Crippen molar-refractivity contribution in [1.29, 1.82) is 0 Å². The highest BCUT2D eigenvalue weighted by atomic mass is 19.3. The number of amides is 1. The van der Waals surface area contributed by atoms with Crippen LogP contribution in [0.4, 0.5) is 14.6 Å². The molecule has 8 heteroatoms. The van der Waals surface area contributed by atoms with E-state index in [0.29, 0.717) is 30.9 Å². The molecule has 6 nitrogen and oxygen atoms in total. The van der Waals surface area contributed by atoms with Gasteiger partial charge in [-0.1, -0.05) is 24.3 Å². The van der Waals surface area contributed by atoms with E-state index in [1.54, 1.807) is 28.1 Å². The Hall–Kier alpha value is -3.03. The van der Waals surface area contributed by atoms with E-state index in [-0.39, 0.29) is 31.4 Å². The second-order valence-electron chi connectivity index (χ2n) is 9.42. The first-order valence-electron chi connectivity index (χ1n) is 11.0. The van der Waals surface area contributed by atoms with Gasteiger partial charge < -0.3 is 14.5 Å². The molecule has 1 saturated carbocycles. The number of anilines is 1. The van der Waals surface area contributed by atoms with E-state index in [0.717, 1.165) is 24.0 Å². The Morgan fingerprint density at radius 3 is 2.50 bits per heavy atom. The SMILES string of the molecule is O=C1OC2(CCN(C(=O)C3(c4ccc(N5CCC(F)(F)C5)nc4)CC3)C2)c2ccccc21. The molecule has 1 atom stereocenters. The van der Waals surface area contributed by atoms with Gasteiger partial charge in [0.25, 0.3) is 5.92 Å². The first-order chi connectivity index (χ1) is 15.3. The number of esters is 1. The van der Waals surface area contributed by atoms with Crippen molar-refractivity contribution in [2.75, 3.05) is 31.1 Å². The van der Waals surface area contributed by atoms with Crippen LogP contribution in [0.1, 0.15) is 47.2 Å². The van der Waals surface area contributed by atoms with Crippen LogP contribution in [-0.2, 0) is 20.5 Å². The van der Waals surface area contributed by atoms with Gasteiger partial charge in [-0.05, 0) is 30.5 Å². The summed E-state index contributed by atoms with van der Waals surface area (Å²) in [5.41, 5.74) is 0.882. The first-order valence-corrected chi connectivity index (χ1v) is 11.0. The van der Waals surface area contributed by atoms with Gasteiger partial charge in [0.1, 0.15) is 5.82 Å². The van der Waals surface area contributed by atoms with Gasteiger partial charge in [-0.25, -0.2) is 18.6 Å². The Morgan fingerprint density at radius 1 is 1.00 bits per heavy atom. The van der Waals surface area contributed by atoms with Crippen molar-refractivity contribution in [1.82, 2.24) is 9.88 Å². The Bertz CT molecular complexity index is 1120. The summed E-state index contributed by atoms with van der Waals surface area (Å²) in [6.45, 7) is 0.834. The van der Waals surface area contributed by atoms with Gasteiger partial charge in [0.2, 0.25) is 5.91 Å². The van der Waals surface area contributed by atoms with Crippen LogP contribution in [0.25, 0.3) is 0 Å². The molecule has 2 aromatic rings. The summed E-state index contributed by atoms with van der Waals surface area (Å²) in [6.07, 6.45) is 3.54. The first kappa shape index (κ1) is 19.6. The monoisotopic (exact) mass is 439 g/mol. The number of halogens is 2. The molecule has 3 fully saturated rings. The van der Waals surface area contributed by atoms with E-state index in [1.165, 1.54) is 0 Å². The molecule has 1 spiro atoms. The van der Waals surface area contributed by atoms with Crippen molar-refractivity contribution in [2.24, 2.45) is 0 Å². The Balaban J connectivity index is 1.21. The van der Waals surface area contributed by atoms with Crippen LogP contribution < -0.4 is 4.90 Å². The maximum atomic E-state index is 13.5. The lowest BCUT2D eigenvalue weighted by atomic mass is 9.91. The molecule has 1 unspecified atom stereocenters. The largest absolute Gasteiger partial charge is 0.449 e. The summed E-state index contributed by atoms with van der Waals surface area (Å²) >= 11 is 0. The van der Waals surface area contributed by atoms with E-state index >= 15 is 0 Å². The summed E-state index contributed by atoms with van der Waals surface area (Å²) < 4.78 is 32.8. The minimum absolute atomic E-state index is 0.0251. The Morgan fingerprint density at radius 2 is 1.81 bits per heavy atom. The van der Waals surface area contributed by atoms with Crippen LogP contribution in [-0.4, -0.2) is 53.9 Å². The lowest BCUT2D eigenvalue weighted by Crippen LogP contribution is -2.40. The molecule has 6 rings (SSSR count). The minimum Gasteiger partial charge on any atom is -0.449 e. The molecule has 4 heterocycles. The molecule has 1 aliphatic carbocycles. The van der Waals surface area contributed by atoms with Gasteiger partial charge in [-0.3, -0.25) is 4.79 Å². The van der Waals surface area contributed by atoms with Gasteiger partial charge in [0.15, 0.2) is 5.60 Å². The van der Waals surface area contributed by atoms with Gasteiger partial charge in [0.05, 0.1) is 24.1 Å². The molecule has 1 amide bonds. The number of nitrogens with zero attached hydrogens (tertiary/aromatic N) is 3. The fourth-order valence-electron chi connectivity index (χ4n) is 5.45. The zero-order valence-corrected chi connectivity index (χ0v) is 17.5. The van der Waals surface area contributed by atoms with Gasteiger partial charge in [-0.15, -0.1) is 0 Å². The van der Waals surface area contributed by atoms with E-state index in [9.17, 15) is 18.4 Å². The molecule has 166 valence electrons. The topological polar surface area (TPSA) is 62.7 Å². The van der Waals surface area contributed by atoms with Crippen LogP contribution >= 0.6 is 0 Å². The lowest BCUT2D eigenvalue weighted by molar-refractivity contribution is -0.134. The number of ether oxygens (including phenoxy) is 1. The van der Waals surface area contributed by atoms with E-state index < -0.39 is 16.9 Å². The number of benzene rings is 1. The summed E-state index contributed by atoms with van der Waals surface area (Å²) in [5.74, 6) is -2.47. The molecular weight excluding hydrogens is 416 g/mol. The van der Waals surface area contributed by atoms with Crippen LogP contribution in [0.15, 0.2) is 42.6 Å². The highest BCUT2D eigenvalue weighted by molar-refractivity contribution is 5.96. The summed E-state index contributed by atoms with van der Waals surface area (Å²) in [6, 6.07) is 11.0. The molecule has 32 heavy (non-hydrogen) atoms. The average Bonchev–Trinajstić information content (AvgIpc) is 3.25. The fraction of sp³-hybridized carbons (Fsp3) is 0.458. The molecule has 1 aromatic carbocycles. The third kappa shape index (κ3) is 2.84. The minimum atomic E-state index is -2.68. The number of rotatable bonds is 3. The standard InChI is InChI=1S/C24H23F2N3O3/c25-24(26)10-12-28(15-24)19-6-5-16(13-27-19)22(7-8-22)21(31)29-11-9-23(14-29)18-4-2-1-3-17(18)20(30)32-23/h1-6,13H,7-12,14-15H2.